The minimum absolute atomic E-state index is 0.00373. The van der Waals surface area contributed by atoms with E-state index < -0.39 is 0 Å². The molecule has 2 rings (SSSR count). The summed E-state index contributed by atoms with van der Waals surface area (Å²) in [5, 5.41) is 0. The number of hydrogen-bond donors (Lipinski definition) is 0. The van der Waals surface area contributed by atoms with Crippen molar-refractivity contribution in [3.05, 3.63) is 28.4 Å². The Morgan fingerprint density at radius 1 is 1.57 bits per heavy atom. The SMILES string of the molecule is CCCc1ccn([C@H]2CS[C@@H](COCC(C)C)O2)c(=O)n1. The summed E-state index contributed by atoms with van der Waals surface area (Å²) in [4.78, 5) is 16.1. The average molecular weight is 312 g/mol. The first-order valence-electron chi connectivity index (χ1n) is 7.53. The highest BCUT2D eigenvalue weighted by atomic mass is 32.2. The van der Waals surface area contributed by atoms with E-state index >= 15 is 0 Å². The van der Waals surface area contributed by atoms with Gasteiger partial charge in [0.1, 0.15) is 11.7 Å². The molecule has 0 N–H and O–H groups in total. The molecule has 1 aromatic rings. The second-order valence-electron chi connectivity index (χ2n) is 5.64. The molecule has 6 heteroatoms. The van der Waals surface area contributed by atoms with Crippen LogP contribution in [0.1, 0.15) is 39.1 Å². The Morgan fingerprint density at radius 3 is 3.05 bits per heavy atom. The molecule has 0 aliphatic carbocycles. The third-order valence-corrected chi connectivity index (χ3v) is 4.24. The maximum absolute atomic E-state index is 12.0. The predicted octanol–water partition coefficient (Wildman–Crippen LogP) is 2.46. The second-order valence-corrected chi connectivity index (χ2v) is 6.84. The Hall–Kier alpha value is -0.850. The number of hydrogen-bond acceptors (Lipinski definition) is 5. The van der Waals surface area contributed by atoms with Crippen LogP contribution in [0.3, 0.4) is 0 Å². The number of nitrogens with zero attached hydrogens (tertiary/aromatic N) is 2. The molecule has 2 heterocycles. The molecule has 0 spiro atoms. The van der Waals surface area contributed by atoms with E-state index in [9.17, 15) is 4.79 Å². The average Bonchev–Trinajstić information content (AvgIpc) is 2.87. The summed E-state index contributed by atoms with van der Waals surface area (Å²) < 4.78 is 13.0. The maximum Gasteiger partial charge on any atom is 0.349 e. The zero-order chi connectivity index (χ0) is 15.2. The molecule has 0 aromatic carbocycles. The molecule has 2 atom stereocenters. The summed E-state index contributed by atoms with van der Waals surface area (Å²) in [5.74, 6) is 1.27. The van der Waals surface area contributed by atoms with E-state index in [1.807, 2.05) is 6.07 Å². The first kappa shape index (κ1) is 16.5. The minimum Gasteiger partial charge on any atom is -0.378 e. The summed E-state index contributed by atoms with van der Waals surface area (Å²) in [5.41, 5.74) is 0.618. The van der Waals surface area contributed by atoms with Crippen molar-refractivity contribution in [2.45, 2.75) is 45.3 Å². The molecule has 1 fully saturated rings. The largest absolute Gasteiger partial charge is 0.378 e. The fourth-order valence-corrected chi connectivity index (χ4v) is 3.16. The lowest BCUT2D eigenvalue weighted by molar-refractivity contribution is -0.0286. The van der Waals surface area contributed by atoms with Crippen LogP contribution in [0.4, 0.5) is 0 Å². The van der Waals surface area contributed by atoms with Gasteiger partial charge in [-0.3, -0.25) is 4.57 Å². The van der Waals surface area contributed by atoms with E-state index in [1.54, 1.807) is 22.5 Å². The normalized spacial score (nSPS) is 22.1. The number of rotatable bonds is 7. The van der Waals surface area contributed by atoms with Gasteiger partial charge >= 0.3 is 5.69 Å². The van der Waals surface area contributed by atoms with Crippen molar-refractivity contribution < 1.29 is 9.47 Å². The van der Waals surface area contributed by atoms with E-state index in [0.717, 1.165) is 30.9 Å². The van der Waals surface area contributed by atoms with Crippen LogP contribution in [-0.2, 0) is 15.9 Å². The second kappa shape index (κ2) is 7.96. The van der Waals surface area contributed by atoms with E-state index in [1.165, 1.54) is 0 Å². The highest BCUT2D eigenvalue weighted by Crippen LogP contribution is 2.31. The van der Waals surface area contributed by atoms with Crippen LogP contribution in [0.15, 0.2) is 17.1 Å². The van der Waals surface area contributed by atoms with Crippen molar-refractivity contribution >= 4 is 11.8 Å². The third kappa shape index (κ3) is 4.83. The van der Waals surface area contributed by atoms with Gasteiger partial charge in [-0.05, 0) is 18.4 Å². The first-order valence-corrected chi connectivity index (χ1v) is 8.58. The van der Waals surface area contributed by atoms with Gasteiger partial charge in [0.05, 0.1) is 6.61 Å². The molecule has 0 saturated carbocycles. The van der Waals surface area contributed by atoms with Gasteiger partial charge in [0.15, 0.2) is 0 Å². The fourth-order valence-electron chi connectivity index (χ4n) is 2.14. The predicted molar refractivity (Wildman–Crippen MR) is 84.5 cm³/mol. The molecule has 1 aromatic heterocycles. The van der Waals surface area contributed by atoms with E-state index in [2.05, 4.69) is 25.8 Å². The molecule has 5 nitrogen and oxygen atoms in total. The van der Waals surface area contributed by atoms with Crippen LogP contribution in [0.2, 0.25) is 0 Å². The van der Waals surface area contributed by atoms with Crippen LogP contribution < -0.4 is 5.69 Å². The van der Waals surface area contributed by atoms with Gasteiger partial charge < -0.3 is 9.47 Å². The minimum atomic E-state index is -0.238. The molecular weight excluding hydrogens is 288 g/mol. The molecule has 0 amide bonds. The Balaban J connectivity index is 1.90. The summed E-state index contributed by atoms with van der Waals surface area (Å²) >= 11 is 1.69. The monoisotopic (exact) mass is 312 g/mol. The van der Waals surface area contributed by atoms with Gasteiger partial charge in [-0.15, -0.1) is 11.8 Å². The van der Waals surface area contributed by atoms with Crippen molar-refractivity contribution in [2.24, 2.45) is 5.92 Å². The molecule has 1 aliphatic heterocycles. The molecular formula is C15H24N2O3S. The van der Waals surface area contributed by atoms with E-state index in [-0.39, 0.29) is 17.4 Å². The maximum atomic E-state index is 12.0. The lowest BCUT2D eigenvalue weighted by Gasteiger charge is -2.15. The van der Waals surface area contributed by atoms with Gasteiger partial charge in [0, 0.05) is 24.3 Å². The van der Waals surface area contributed by atoms with Crippen LogP contribution in [0.25, 0.3) is 0 Å². The van der Waals surface area contributed by atoms with Crippen molar-refractivity contribution in [3.63, 3.8) is 0 Å². The fraction of sp³-hybridized carbons (Fsp3) is 0.733. The Morgan fingerprint density at radius 2 is 2.38 bits per heavy atom. The van der Waals surface area contributed by atoms with Gasteiger partial charge in [-0.25, -0.2) is 4.79 Å². The molecule has 0 radical (unpaired) electrons. The standard InChI is InChI=1S/C15H24N2O3S/c1-4-5-12-6-7-17(15(18)16-12)13-10-21-14(20-13)9-19-8-11(2)3/h6-7,11,13-14H,4-5,8-10H2,1-3H3/t13-,14+/m1/s1. The molecule has 1 saturated heterocycles. The van der Waals surface area contributed by atoms with E-state index in [4.69, 9.17) is 9.47 Å². The first-order chi connectivity index (χ1) is 10.1. The summed E-state index contributed by atoms with van der Waals surface area (Å²) in [6.45, 7) is 7.61. The lowest BCUT2D eigenvalue weighted by atomic mass is 10.2. The number of aromatic nitrogens is 2. The summed E-state index contributed by atoms with van der Waals surface area (Å²) in [7, 11) is 0. The van der Waals surface area contributed by atoms with Crippen molar-refractivity contribution in [1.29, 1.82) is 0 Å². The highest BCUT2D eigenvalue weighted by Gasteiger charge is 2.28. The topological polar surface area (TPSA) is 53.4 Å². The van der Waals surface area contributed by atoms with Gasteiger partial charge in [-0.2, -0.15) is 4.98 Å². The van der Waals surface area contributed by atoms with Gasteiger partial charge in [-0.1, -0.05) is 27.2 Å². The van der Waals surface area contributed by atoms with Gasteiger partial charge in [0.25, 0.3) is 0 Å². The molecule has 0 unspecified atom stereocenters. The zero-order valence-electron chi connectivity index (χ0n) is 12.9. The van der Waals surface area contributed by atoms with Crippen molar-refractivity contribution in [3.8, 4) is 0 Å². The molecule has 1 aliphatic rings. The zero-order valence-corrected chi connectivity index (χ0v) is 13.8. The van der Waals surface area contributed by atoms with Crippen LogP contribution >= 0.6 is 11.8 Å². The van der Waals surface area contributed by atoms with Crippen molar-refractivity contribution in [2.75, 3.05) is 19.0 Å². The van der Waals surface area contributed by atoms with Crippen LogP contribution in [-0.4, -0.2) is 34.0 Å². The Kier molecular flexibility index (Phi) is 6.26. The van der Waals surface area contributed by atoms with Crippen LogP contribution in [0, 0.1) is 5.92 Å². The number of thioether (sulfide) groups is 1. The molecule has 118 valence electrons. The van der Waals surface area contributed by atoms with Crippen molar-refractivity contribution in [1.82, 2.24) is 9.55 Å². The molecule has 0 bridgehead atoms. The quantitative estimate of drug-likeness (QED) is 0.774. The summed E-state index contributed by atoms with van der Waals surface area (Å²) in [6.07, 6.45) is 3.38. The summed E-state index contributed by atoms with van der Waals surface area (Å²) in [6, 6.07) is 1.90. The Bertz CT molecular complexity index is 504. The number of aryl methyl sites for hydroxylation is 1. The smallest absolute Gasteiger partial charge is 0.349 e. The lowest BCUT2D eigenvalue weighted by Crippen LogP contribution is -2.29. The van der Waals surface area contributed by atoms with Crippen LogP contribution in [0.5, 0.6) is 0 Å². The van der Waals surface area contributed by atoms with Gasteiger partial charge in [0.2, 0.25) is 0 Å². The highest BCUT2D eigenvalue weighted by molar-refractivity contribution is 8.00. The molecule has 21 heavy (non-hydrogen) atoms. The Labute approximate surface area is 130 Å². The third-order valence-electron chi connectivity index (χ3n) is 3.14. The number of ether oxygens (including phenoxy) is 2. The van der Waals surface area contributed by atoms with E-state index in [0.29, 0.717) is 12.5 Å².